The number of ether oxygens (including phenoxy) is 1. The van der Waals surface area contributed by atoms with Crippen molar-refractivity contribution in [2.75, 3.05) is 13.2 Å². The van der Waals surface area contributed by atoms with Crippen molar-refractivity contribution in [1.29, 1.82) is 5.41 Å². The van der Waals surface area contributed by atoms with Gasteiger partial charge < -0.3 is 20.4 Å². The Morgan fingerprint density at radius 3 is 2.82 bits per heavy atom. The summed E-state index contributed by atoms with van der Waals surface area (Å²) < 4.78 is 4.43. The van der Waals surface area contributed by atoms with Crippen molar-refractivity contribution in [3.05, 3.63) is 0 Å². The molecule has 0 saturated carbocycles. The number of carbonyl (C=O) groups excluding carboxylic acids is 1. The highest BCUT2D eigenvalue weighted by atomic mass is 16.5. The Morgan fingerprint density at radius 1 is 1.73 bits per heavy atom. The second-order valence-corrected chi connectivity index (χ2v) is 1.86. The van der Waals surface area contributed by atoms with Crippen molar-refractivity contribution in [3.63, 3.8) is 0 Å². The second kappa shape index (κ2) is 5.82. The molecular weight excluding hydrogens is 150 g/mol. The molecule has 0 aliphatic carbocycles. The van der Waals surface area contributed by atoms with Crippen molar-refractivity contribution in [1.82, 2.24) is 0 Å². The third kappa shape index (κ3) is 4.46. The summed E-state index contributed by atoms with van der Waals surface area (Å²) >= 11 is 0. The molecule has 64 valence electrons. The Balaban J connectivity index is 3.43. The molecule has 0 bridgehead atoms. The maximum Gasteiger partial charge on any atom is 0.337 e. The van der Waals surface area contributed by atoms with Crippen LogP contribution in [0.1, 0.15) is 6.42 Å². The summed E-state index contributed by atoms with van der Waals surface area (Å²) in [6, 6.07) is 0. The zero-order valence-corrected chi connectivity index (χ0v) is 5.99. The number of hydrogen-bond donors (Lipinski definition) is 3. The highest BCUT2D eigenvalue weighted by Crippen LogP contribution is 1.87. The molecule has 0 fully saturated rings. The predicted molar refractivity (Wildman–Crippen MR) is 37.5 cm³/mol. The molecule has 0 aromatic carbocycles. The van der Waals surface area contributed by atoms with Crippen molar-refractivity contribution < 1.29 is 19.7 Å². The number of hydrogen-bond acceptors (Lipinski definition) is 5. The fourth-order valence-corrected chi connectivity index (χ4v) is 0.389. The third-order valence-electron chi connectivity index (χ3n) is 0.952. The minimum absolute atomic E-state index is 0.0688. The molecule has 3 N–H and O–H groups in total. The van der Waals surface area contributed by atoms with E-state index < -0.39 is 18.7 Å². The highest BCUT2D eigenvalue weighted by Gasteiger charge is 2.13. The van der Waals surface area contributed by atoms with Gasteiger partial charge in [-0.25, -0.2) is 4.79 Å². The number of carbonyl (C=O) groups is 1. The molecule has 0 spiro atoms. The van der Waals surface area contributed by atoms with Gasteiger partial charge in [-0.15, -0.1) is 0 Å². The summed E-state index contributed by atoms with van der Waals surface area (Å²) in [4.78, 5) is 10.5. The molecule has 11 heavy (non-hydrogen) atoms. The normalized spacial score (nSPS) is 12.2. The summed E-state index contributed by atoms with van der Waals surface area (Å²) in [5.41, 5.74) is 0. The predicted octanol–water partition coefficient (Wildman–Crippen LogP) is -1.08. The van der Waals surface area contributed by atoms with Gasteiger partial charge in [-0.2, -0.15) is 0 Å². The molecule has 5 nitrogen and oxygen atoms in total. The third-order valence-corrected chi connectivity index (χ3v) is 0.952. The fourth-order valence-electron chi connectivity index (χ4n) is 0.389. The van der Waals surface area contributed by atoms with Gasteiger partial charge in [-0.3, -0.25) is 0 Å². The number of aliphatic hydroxyl groups excluding tert-OH is 2. The van der Waals surface area contributed by atoms with E-state index >= 15 is 0 Å². The van der Waals surface area contributed by atoms with Crippen molar-refractivity contribution >= 4 is 12.2 Å². The highest BCUT2D eigenvalue weighted by molar-refractivity contribution is 5.74. The molecular formula is C6H11NO4. The zero-order valence-electron chi connectivity index (χ0n) is 5.99. The van der Waals surface area contributed by atoms with Crippen LogP contribution in [0.2, 0.25) is 0 Å². The Kier molecular flexibility index (Phi) is 5.32. The second-order valence-electron chi connectivity index (χ2n) is 1.86. The Bertz CT molecular complexity index is 137. The lowest BCUT2D eigenvalue weighted by Gasteiger charge is -2.05. The van der Waals surface area contributed by atoms with Crippen molar-refractivity contribution in [3.8, 4) is 0 Å². The standard InChI is InChI=1S/C6H11NO4/c7-2-1-3-11-6(10)5(9)4-8/h2,5,7-9H,1,3-4H2. The van der Waals surface area contributed by atoms with Crippen molar-refractivity contribution in [2.45, 2.75) is 12.5 Å². The summed E-state index contributed by atoms with van der Waals surface area (Å²) in [5, 5.41) is 23.5. The summed E-state index contributed by atoms with van der Waals surface area (Å²) in [7, 11) is 0. The molecule has 5 heteroatoms. The first-order chi connectivity index (χ1) is 5.22. The molecule has 0 aromatic rings. The summed E-state index contributed by atoms with van der Waals surface area (Å²) in [6.07, 6.45) is -0.0385. The average molecular weight is 161 g/mol. The topological polar surface area (TPSA) is 90.6 Å². The van der Waals surface area contributed by atoms with E-state index in [-0.39, 0.29) is 6.61 Å². The van der Waals surface area contributed by atoms with E-state index in [1.54, 1.807) is 0 Å². The van der Waals surface area contributed by atoms with Crippen LogP contribution in [0, 0.1) is 5.41 Å². The smallest absolute Gasteiger partial charge is 0.337 e. The monoisotopic (exact) mass is 161 g/mol. The van der Waals surface area contributed by atoms with Crippen molar-refractivity contribution in [2.24, 2.45) is 0 Å². The van der Waals surface area contributed by atoms with E-state index in [1.165, 1.54) is 0 Å². The molecule has 1 unspecified atom stereocenters. The quantitative estimate of drug-likeness (QED) is 0.272. The molecule has 0 rings (SSSR count). The minimum atomic E-state index is -1.46. The average Bonchev–Trinajstić information content (AvgIpc) is 2.03. The van der Waals surface area contributed by atoms with Crippen LogP contribution in [0.4, 0.5) is 0 Å². The summed E-state index contributed by atoms with van der Waals surface area (Å²) in [6.45, 7) is -0.567. The van der Waals surface area contributed by atoms with Gasteiger partial charge in [0.1, 0.15) is 0 Å². The van der Waals surface area contributed by atoms with Crippen LogP contribution in [0.3, 0.4) is 0 Å². The lowest BCUT2D eigenvalue weighted by atomic mass is 10.4. The molecule has 0 heterocycles. The Labute approximate surface area is 64.1 Å². The van der Waals surface area contributed by atoms with Crippen LogP contribution in [0.15, 0.2) is 0 Å². The van der Waals surface area contributed by atoms with Gasteiger partial charge in [0.2, 0.25) is 0 Å². The number of nitrogens with one attached hydrogen (secondary N) is 1. The van der Waals surface area contributed by atoms with Crippen LogP contribution in [-0.2, 0) is 9.53 Å². The molecule has 0 radical (unpaired) electrons. The van der Waals surface area contributed by atoms with E-state index in [9.17, 15) is 4.79 Å². The van der Waals surface area contributed by atoms with E-state index in [1.807, 2.05) is 0 Å². The molecule has 0 saturated heterocycles. The van der Waals surface area contributed by atoms with Crippen LogP contribution >= 0.6 is 0 Å². The molecule has 0 amide bonds. The van der Waals surface area contributed by atoms with E-state index in [2.05, 4.69) is 4.74 Å². The van der Waals surface area contributed by atoms with Gasteiger partial charge >= 0.3 is 5.97 Å². The lowest BCUT2D eigenvalue weighted by Crippen LogP contribution is -2.26. The largest absolute Gasteiger partial charge is 0.463 e. The number of aliphatic hydroxyl groups is 2. The molecule has 0 aromatic heterocycles. The first-order valence-corrected chi connectivity index (χ1v) is 3.17. The number of rotatable bonds is 5. The Morgan fingerprint density at radius 2 is 2.36 bits per heavy atom. The molecule has 0 aliphatic heterocycles. The van der Waals surface area contributed by atoms with Gasteiger partial charge in [0, 0.05) is 6.42 Å². The van der Waals surface area contributed by atoms with E-state index in [0.29, 0.717) is 6.42 Å². The first kappa shape index (κ1) is 10.1. The summed E-state index contributed by atoms with van der Waals surface area (Å²) in [5.74, 6) is -0.852. The van der Waals surface area contributed by atoms with Gasteiger partial charge in [-0.1, -0.05) is 0 Å². The van der Waals surface area contributed by atoms with Crippen LogP contribution < -0.4 is 0 Å². The maximum absolute atomic E-state index is 10.5. The van der Waals surface area contributed by atoms with Gasteiger partial charge in [-0.05, 0) is 6.21 Å². The van der Waals surface area contributed by atoms with Gasteiger partial charge in [0.15, 0.2) is 6.10 Å². The van der Waals surface area contributed by atoms with E-state index in [4.69, 9.17) is 15.6 Å². The number of esters is 1. The fraction of sp³-hybridized carbons (Fsp3) is 0.667. The van der Waals surface area contributed by atoms with Crippen LogP contribution in [0.5, 0.6) is 0 Å². The Hall–Kier alpha value is -0.940. The van der Waals surface area contributed by atoms with Gasteiger partial charge in [0.25, 0.3) is 0 Å². The first-order valence-electron chi connectivity index (χ1n) is 3.17. The molecule has 1 atom stereocenters. The van der Waals surface area contributed by atoms with Gasteiger partial charge in [0.05, 0.1) is 13.2 Å². The van der Waals surface area contributed by atoms with E-state index in [0.717, 1.165) is 6.21 Å². The zero-order chi connectivity index (χ0) is 8.69. The molecule has 0 aliphatic rings. The SMILES string of the molecule is N=CCCOC(=O)C(O)CO. The van der Waals surface area contributed by atoms with Crippen LogP contribution in [0.25, 0.3) is 0 Å². The minimum Gasteiger partial charge on any atom is -0.463 e. The maximum atomic E-state index is 10.5. The lowest BCUT2D eigenvalue weighted by molar-refractivity contribution is -0.155. The van der Waals surface area contributed by atoms with Crippen LogP contribution in [-0.4, -0.2) is 41.7 Å².